The molecule has 1 N–H and O–H groups in total. The summed E-state index contributed by atoms with van der Waals surface area (Å²) in [6, 6.07) is 13.5. The van der Waals surface area contributed by atoms with E-state index < -0.39 is 17.3 Å². The van der Waals surface area contributed by atoms with Crippen molar-refractivity contribution in [2.75, 3.05) is 6.61 Å². The molecule has 1 aliphatic heterocycles. The molecule has 2 aromatic carbocycles. The molecule has 7 heteroatoms. The molecule has 0 saturated heterocycles. The lowest BCUT2D eigenvalue weighted by Crippen LogP contribution is -2.40. The van der Waals surface area contributed by atoms with E-state index in [1.54, 1.807) is 13.1 Å². The molecule has 0 saturated carbocycles. The van der Waals surface area contributed by atoms with Gasteiger partial charge in [0.05, 0.1) is 34.4 Å². The van der Waals surface area contributed by atoms with Crippen molar-refractivity contribution in [3.8, 4) is 17.0 Å². The molecule has 5 rings (SSSR count). The molecule has 0 bridgehead atoms. The second-order valence-electron chi connectivity index (χ2n) is 9.93. The number of fused-ring (bicyclic) bond motifs is 3. The molecule has 34 heavy (non-hydrogen) atoms. The Labute approximate surface area is 197 Å². The Bertz CT molecular complexity index is 1590. The normalized spacial score (nSPS) is 17.2. The van der Waals surface area contributed by atoms with E-state index in [1.165, 1.54) is 11.6 Å². The van der Waals surface area contributed by atoms with Crippen LogP contribution in [0.2, 0.25) is 0 Å². The lowest BCUT2D eigenvalue weighted by molar-refractivity contribution is -0.00799. The molecule has 3 heterocycles. The third kappa shape index (κ3) is 3.07. The van der Waals surface area contributed by atoms with Gasteiger partial charge in [0.1, 0.15) is 11.9 Å². The first-order chi connectivity index (χ1) is 16.0. The summed E-state index contributed by atoms with van der Waals surface area (Å²) in [6.07, 6.45) is -0.646. The number of rotatable bonds is 2. The number of phenols is 1. The van der Waals surface area contributed by atoms with Gasteiger partial charge in [-0.15, -0.1) is 0 Å². The molecule has 1 aliphatic rings. The summed E-state index contributed by atoms with van der Waals surface area (Å²) >= 11 is 0. The van der Waals surface area contributed by atoms with Gasteiger partial charge in [-0.05, 0) is 51.0 Å². The second kappa shape index (κ2) is 7.46. The maximum atomic E-state index is 13.6. The molecule has 4 aromatic rings. The van der Waals surface area contributed by atoms with Gasteiger partial charge in [0.25, 0.3) is 5.56 Å². The quantitative estimate of drug-likeness (QED) is 0.493. The van der Waals surface area contributed by atoms with E-state index in [4.69, 9.17) is 4.74 Å². The number of aryl methyl sites for hydroxylation is 3. The highest BCUT2D eigenvalue weighted by Crippen LogP contribution is 2.47. The van der Waals surface area contributed by atoms with Crippen molar-refractivity contribution >= 4 is 10.9 Å². The second-order valence-corrected chi connectivity index (χ2v) is 9.93. The molecule has 1 atom stereocenters. The molecule has 1 unspecified atom stereocenters. The molecule has 7 nitrogen and oxygen atoms in total. The molecule has 0 radical (unpaired) electrons. The maximum Gasteiger partial charge on any atom is 0.331 e. The maximum absolute atomic E-state index is 13.6. The van der Waals surface area contributed by atoms with Crippen molar-refractivity contribution < 1.29 is 9.84 Å². The molecular weight excluding hydrogens is 430 g/mol. The van der Waals surface area contributed by atoms with Crippen molar-refractivity contribution in [2.45, 2.75) is 39.3 Å². The number of aromatic nitrogens is 3. The SMILES string of the molecule is Cc1cccc(-c2c3c(=O)n(C)c(=O)n(C)c3c3n2C(C)(C)COC3c2ccc(C)cc2O)c1. The van der Waals surface area contributed by atoms with Gasteiger partial charge in [0.2, 0.25) is 0 Å². The fraction of sp³-hybridized carbons (Fsp3) is 0.333. The molecular formula is C27H29N3O4. The minimum absolute atomic E-state index is 0.122. The van der Waals surface area contributed by atoms with E-state index in [-0.39, 0.29) is 11.3 Å². The van der Waals surface area contributed by atoms with Crippen LogP contribution in [0.5, 0.6) is 5.75 Å². The number of hydrogen-bond acceptors (Lipinski definition) is 4. The van der Waals surface area contributed by atoms with E-state index in [1.807, 2.05) is 44.2 Å². The van der Waals surface area contributed by atoms with Gasteiger partial charge >= 0.3 is 5.69 Å². The molecule has 0 aliphatic carbocycles. The first kappa shape index (κ1) is 22.2. The van der Waals surface area contributed by atoms with E-state index >= 15 is 0 Å². The molecule has 176 valence electrons. The Kier molecular flexibility index (Phi) is 4.88. The number of nitrogens with zero attached hydrogens (tertiary/aromatic N) is 3. The van der Waals surface area contributed by atoms with Crippen molar-refractivity contribution in [3.05, 3.63) is 85.7 Å². The Morgan fingerprint density at radius 3 is 2.38 bits per heavy atom. The number of hydrogen-bond donors (Lipinski definition) is 1. The lowest BCUT2D eigenvalue weighted by Gasteiger charge is -2.39. The van der Waals surface area contributed by atoms with E-state index in [9.17, 15) is 14.7 Å². The third-order valence-corrected chi connectivity index (χ3v) is 6.83. The first-order valence-corrected chi connectivity index (χ1v) is 11.4. The first-order valence-electron chi connectivity index (χ1n) is 11.4. The number of benzene rings is 2. The van der Waals surface area contributed by atoms with Gasteiger partial charge in [-0.25, -0.2) is 4.79 Å². The predicted molar refractivity (Wildman–Crippen MR) is 133 cm³/mol. The molecule has 0 fully saturated rings. The van der Waals surface area contributed by atoms with Crippen LogP contribution in [0.3, 0.4) is 0 Å². The minimum atomic E-state index is -0.646. The Morgan fingerprint density at radius 1 is 1.00 bits per heavy atom. The average molecular weight is 460 g/mol. The van der Waals surface area contributed by atoms with E-state index in [0.29, 0.717) is 28.8 Å². The predicted octanol–water partition coefficient (Wildman–Crippen LogP) is 3.88. The highest BCUT2D eigenvalue weighted by Gasteiger charge is 2.41. The van der Waals surface area contributed by atoms with Crippen LogP contribution in [0.25, 0.3) is 22.2 Å². The number of aromatic hydroxyl groups is 1. The van der Waals surface area contributed by atoms with Crippen LogP contribution >= 0.6 is 0 Å². The van der Waals surface area contributed by atoms with Gasteiger partial charge in [0, 0.05) is 19.7 Å². The smallest absolute Gasteiger partial charge is 0.331 e. The fourth-order valence-electron chi connectivity index (χ4n) is 5.17. The highest BCUT2D eigenvalue weighted by atomic mass is 16.5. The van der Waals surface area contributed by atoms with E-state index in [2.05, 4.69) is 24.5 Å². The molecule has 0 spiro atoms. The van der Waals surface area contributed by atoms with Crippen molar-refractivity contribution in [1.29, 1.82) is 0 Å². The molecule has 2 aromatic heterocycles. The summed E-state index contributed by atoms with van der Waals surface area (Å²) in [5.41, 5.74) is 4.22. The van der Waals surface area contributed by atoms with Crippen LogP contribution in [-0.2, 0) is 24.4 Å². The standard InChI is InChI=1S/C27H29N3O4/c1-15-8-7-9-17(12-15)21-20-22(28(5)26(33)29(6)25(20)32)23-24(34-14-27(3,4)30(21)23)18-11-10-16(2)13-19(18)31/h7-13,24,31H,14H2,1-6H3. The summed E-state index contributed by atoms with van der Waals surface area (Å²) < 4.78 is 11.2. The zero-order valence-corrected chi connectivity index (χ0v) is 20.3. The van der Waals surface area contributed by atoms with Gasteiger partial charge < -0.3 is 14.4 Å². The Hall–Kier alpha value is -3.58. The fourth-order valence-corrected chi connectivity index (χ4v) is 5.17. The lowest BCUT2D eigenvalue weighted by atomic mass is 9.97. The van der Waals surface area contributed by atoms with Gasteiger partial charge in [-0.2, -0.15) is 0 Å². The van der Waals surface area contributed by atoms with Crippen molar-refractivity contribution in [2.24, 2.45) is 14.1 Å². The van der Waals surface area contributed by atoms with Gasteiger partial charge in [-0.1, -0.05) is 35.9 Å². The Balaban J connectivity index is 2.02. The van der Waals surface area contributed by atoms with Crippen LogP contribution in [0.1, 0.15) is 42.3 Å². The highest BCUT2D eigenvalue weighted by molar-refractivity contribution is 5.97. The summed E-state index contributed by atoms with van der Waals surface area (Å²) in [6.45, 7) is 8.41. The summed E-state index contributed by atoms with van der Waals surface area (Å²) in [7, 11) is 3.18. The number of phenolic OH excluding ortho intramolecular Hbond substituents is 1. The van der Waals surface area contributed by atoms with Crippen LogP contribution in [-0.4, -0.2) is 25.4 Å². The zero-order valence-electron chi connectivity index (χ0n) is 20.3. The average Bonchev–Trinajstić information content (AvgIpc) is 3.15. The summed E-state index contributed by atoms with van der Waals surface area (Å²) in [4.78, 5) is 26.6. The third-order valence-electron chi connectivity index (χ3n) is 6.83. The molecule has 0 amide bonds. The van der Waals surface area contributed by atoms with Gasteiger partial charge in [0.15, 0.2) is 0 Å². The van der Waals surface area contributed by atoms with E-state index in [0.717, 1.165) is 27.0 Å². The van der Waals surface area contributed by atoms with Crippen molar-refractivity contribution in [3.63, 3.8) is 0 Å². The summed E-state index contributed by atoms with van der Waals surface area (Å²) in [5.74, 6) is 0.122. The zero-order chi connectivity index (χ0) is 24.5. The topological polar surface area (TPSA) is 78.4 Å². The van der Waals surface area contributed by atoms with Crippen LogP contribution < -0.4 is 11.2 Å². The van der Waals surface area contributed by atoms with Crippen LogP contribution in [0.4, 0.5) is 0 Å². The minimum Gasteiger partial charge on any atom is -0.508 e. The van der Waals surface area contributed by atoms with Gasteiger partial charge in [-0.3, -0.25) is 13.9 Å². The van der Waals surface area contributed by atoms with Crippen LogP contribution in [0.15, 0.2) is 52.1 Å². The largest absolute Gasteiger partial charge is 0.508 e. The summed E-state index contributed by atoms with van der Waals surface area (Å²) in [5, 5.41) is 11.3. The number of ether oxygens (including phenoxy) is 1. The van der Waals surface area contributed by atoms with Crippen LogP contribution in [0, 0.1) is 13.8 Å². The van der Waals surface area contributed by atoms with Crippen molar-refractivity contribution in [1.82, 2.24) is 13.7 Å². The Morgan fingerprint density at radius 2 is 1.71 bits per heavy atom. The monoisotopic (exact) mass is 459 g/mol.